The Morgan fingerprint density at radius 3 is 2.11 bits per heavy atom. The van der Waals surface area contributed by atoms with Gasteiger partial charge < -0.3 is 5.11 Å². The highest BCUT2D eigenvalue weighted by Gasteiger charge is 2.14. The first kappa shape index (κ1) is 14.3. The van der Waals surface area contributed by atoms with Crippen molar-refractivity contribution in [1.82, 2.24) is 0 Å². The molecule has 0 fully saturated rings. The van der Waals surface area contributed by atoms with Crippen molar-refractivity contribution < 1.29 is 5.11 Å². The Morgan fingerprint density at radius 2 is 1.47 bits per heavy atom. The van der Waals surface area contributed by atoms with Gasteiger partial charge in [0.25, 0.3) is 0 Å². The van der Waals surface area contributed by atoms with Gasteiger partial charge in [0.05, 0.1) is 0 Å². The molecule has 1 atom stereocenters. The van der Waals surface area contributed by atoms with Crippen LogP contribution in [0.25, 0.3) is 0 Å². The molecule has 1 unspecified atom stereocenters. The Balaban J connectivity index is 2.46. The molecule has 0 saturated carbocycles. The van der Waals surface area contributed by atoms with Crippen LogP contribution in [0.15, 0.2) is 34.8 Å². The van der Waals surface area contributed by atoms with Crippen LogP contribution in [0, 0.1) is 27.7 Å². The van der Waals surface area contributed by atoms with Crippen LogP contribution >= 0.6 is 15.9 Å². The molecule has 0 aliphatic heterocycles. The molecule has 0 amide bonds. The van der Waals surface area contributed by atoms with Crippen LogP contribution in [-0.4, -0.2) is 5.11 Å². The summed E-state index contributed by atoms with van der Waals surface area (Å²) in [6, 6.07) is 10.2. The third-order valence-electron chi connectivity index (χ3n) is 3.69. The summed E-state index contributed by atoms with van der Waals surface area (Å²) in [5.41, 5.74) is 6.69. The predicted molar refractivity (Wildman–Crippen MR) is 83.6 cm³/mol. The SMILES string of the molecule is Cc1cc(C)c(C(O)c2ccc(C)c(Br)c2)cc1C. The third-order valence-corrected chi connectivity index (χ3v) is 4.54. The number of aliphatic hydroxyl groups is 1. The number of halogens is 1. The van der Waals surface area contributed by atoms with Gasteiger partial charge in [0.1, 0.15) is 6.10 Å². The Bertz CT molecular complexity index is 617. The van der Waals surface area contributed by atoms with Gasteiger partial charge >= 0.3 is 0 Å². The lowest BCUT2D eigenvalue weighted by Gasteiger charge is -2.17. The second-order valence-corrected chi connectivity index (χ2v) is 6.06. The van der Waals surface area contributed by atoms with E-state index in [1.165, 1.54) is 16.7 Å². The summed E-state index contributed by atoms with van der Waals surface area (Å²) >= 11 is 3.52. The Kier molecular flexibility index (Phi) is 4.12. The molecule has 0 aromatic heterocycles. The molecule has 0 aliphatic rings. The fourth-order valence-electron chi connectivity index (χ4n) is 2.24. The average Bonchev–Trinajstić information content (AvgIpc) is 2.36. The predicted octanol–water partition coefficient (Wildman–Crippen LogP) is 4.76. The van der Waals surface area contributed by atoms with Gasteiger partial charge in [-0.3, -0.25) is 0 Å². The molecule has 2 aromatic rings. The molecule has 1 N–H and O–H groups in total. The molecular formula is C17H19BrO. The Hall–Kier alpha value is -1.12. The van der Waals surface area contributed by atoms with Crippen LogP contribution in [0.1, 0.15) is 39.5 Å². The lowest BCUT2D eigenvalue weighted by atomic mass is 9.93. The largest absolute Gasteiger partial charge is 0.384 e. The summed E-state index contributed by atoms with van der Waals surface area (Å²) in [5, 5.41) is 10.6. The van der Waals surface area contributed by atoms with Crippen molar-refractivity contribution >= 4 is 15.9 Å². The fraction of sp³-hybridized carbons (Fsp3) is 0.294. The van der Waals surface area contributed by atoms with Crippen LogP contribution in [0.3, 0.4) is 0 Å². The van der Waals surface area contributed by atoms with E-state index in [1.54, 1.807) is 0 Å². The minimum absolute atomic E-state index is 0.573. The van der Waals surface area contributed by atoms with Gasteiger partial charge in [-0.1, -0.05) is 40.2 Å². The van der Waals surface area contributed by atoms with Crippen LogP contribution in [-0.2, 0) is 0 Å². The van der Waals surface area contributed by atoms with E-state index in [0.29, 0.717) is 0 Å². The number of hydrogen-bond donors (Lipinski definition) is 1. The van der Waals surface area contributed by atoms with E-state index in [9.17, 15) is 5.11 Å². The zero-order valence-electron chi connectivity index (χ0n) is 11.8. The zero-order valence-corrected chi connectivity index (χ0v) is 13.4. The maximum atomic E-state index is 10.6. The molecule has 100 valence electrons. The third kappa shape index (κ3) is 2.90. The molecule has 0 bridgehead atoms. The van der Waals surface area contributed by atoms with Gasteiger partial charge in [0.2, 0.25) is 0 Å². The van der Waals surface area contributed by atoms with Crippen molar-refractivity contribution in [3.63, 3.8) is 0 Å². The van der Waals surface area contributed by atoms with Gasteiger partial charge in [0.15, 0.2) is 0 Å². The first-order chi connectivity index (χ1) is 8.90. The number of rotatable bonds is 2. The maximum Gasteiger partial charge on any atom is 0.104 e. The van der Waals surface area contributed by atoms with Gasteiger partial charge in [-0.15, -0.1) is 0 Å². The monoisotopic (exact) mass is 318 g/mol. The summed E-state index contributed by atoms with van der Waals surface area (Å²) in [7, 11) is 0. The number of benzene rings is 2. The van der Waals surface area contributed by atoms with E-state index in [0.717, 1.165) is 21.2 Å². The van der Waals surface area contributed by atoms with Crippen molar-refractivity contribution in [2.45, 2.75) is 33.8 Å². The molecule has 1 nitrogen and oxygen atoms in total. The summed E-state index contributed by atoms with van der Waals surface area (Å²) in [6.45, 7) is 8.27. The molecule has 2 heteroatoms. The summed E-state index contributed by atoms with van der Waals surface area (Å²) in [4.78, 5) is 0. The fourth-order valence-corrected chi connectivity index (χ4v) is 2.63. The lowest BCUT2D eigenvalue weighted by molar-refractivity contribution is 0.219. The van der Waals surface area contributed by atoms with E-state index in [2.05, 4.69) is 41.9 Å². The number of aliphatic hydroxyl groups excluding tert-OH is 1. The van der Waals surface area contributed by atoms with Crippen molar-refractivity contribution in [1.29, 1.82) is 0 Å². The summed E-state index contributed by atoms with van der Waals surface area (Å²) in [5.74, 6) is 0. The Morgan fingerprint density at radius 1 is 0.842 bits per heavy atom. The highest BCUT2D eigenvalue weighted by atomic mass is 79.9. The molecule has 2 rings (SSSR count). The van der Waals surface area contributed by atoms with E-state index >= 15 is 0 Å². The summed E-state index contributed by atoms with van der Waals surface area (Å²) < 4.78 is 1.03. The molecule has 0 saturated heterocycles. The minimum atomic E-state index is -0.573. The highest BCUT2D eigenvalue weighted by molar-refractivity contribution is 9.10. The second-order valence-electron chi connectivity index (χ2n) is 5.20. The molecule has 0 aliphatic carbocycles. The van der Waals surface area contributed by atoms with Crippen molar-refractivity contribution in [3.8, 4) is 0 Å². The van der Waals surface area contributed by atoms with Gasteiger partial charge in [-0.2, -0.15) is 0 Å². The normalized spacial score (nSPS) is 12.5. The van der Waals surface area contributed by atoms with E-state index < -0.39 is 6.10 Å². The number of hydrogen-bond acceptors (Lipinski definition) is 1. The van der Waals surface area contributed by atoms with Crippen molar-refractivity contribution in [2.75, 3.05) is 0 Å². The highest BCUT2D eigenvalue weighted by Crippen LogP contribution is 2.29. The van der Waals surface area contributed by atoms with E-state index in [-0.39, 0.29) is 0 Å². The molecule has 19 heavy (non-hydrogen) atoms. The molecule has 2 aromatic carbocycles. The Labute approximate surface area is 123 Å². The molecule has 0 spiro atoms. The summed E-state index contributed by atoms with van der Waals surface area (Å²) in [6.07, 6.45) is -0.573. The molecular weight excluding hydrogens is 300 g/mol. The first-order valence-electron chi connectivity index (χ1n) is 6.42. The average molecular weight is 319 g/mol. The van der Waals surface area contributed by atoms with Crippen LogP contribution in [0.2, 0.25) is 0 Å². The topological polar surface area (TPSA) is 20.2 Å². The molecule has 0 heterocycles. The smallest absolute Gasteiger partial charge is 0.104 e. The van der Waals surface area contributed by atoms with Gasteiger partial charge in [-0.05, 0) is 67.1 Å². The maximum absolute atomic E-state index is 10.6. The van der Waals surface area contributed by atoms with Crippen LogP contribution < -0.4 is 0 Å². The van der Waals surface area contributed by atoms with E-state index in [1.807, 2.05) is 32.0 Å². The van der Waals surface area contributed by atoms with E-state index in [4.69, 9.17) is 0 Å². The molecule has 0 radical (unpaired) electrons. The van der Waals surface area contributed by atoms with Gasteiger partial charge in [-0.25, -0.2) is 0 Å². The number of aryl methyl sites for hydroxylation is 4. The first-order valence-corrected chi connectivity index (χ1v) is 7.21. The second kappa shape index (κ2) is 5.48. The zero-order chi connectivity index (χ0) is 14.2. The van der Waals surface area contributed by atoms with Gasteiger partial charge in [0, 0.05) is 4.47 Å². The minimum Gasteiger partial charge on any atom is -0.384 e. The lowest BCUT2D eigenvalue weighted by Crippen LogP contribution is -2.03. The van der Waals surface area contributed by atoms with Crippen LogP contribution in [0.5, 0.6) is 0 Å². The standard InChI is InChI=1S/C17H19BrO/c1-10-5-6-14(9-16(10)18)17(19)15-8-12(3)11(2)7-13(15)4/h5-9,17,19H,1-4H3. The van der Waals surface area contributed by atoms with Crippen molar-refractivity contribution in [2.24, 2.45) is 0 Å². The van der Waals surface area contributed by atoms with Crippen molar-refractivity contribution in [3.05, 3.63) is 68.2 Å². The quantitative estimate of drug-likeness (QED) is 0.846. The van der Waals surface area contributed by atoms with Crippen LogP contribution in [0.4, 0.5) is 0 Å².